The molecule has 0 spiro atoms. The predicted octanol–water partition coefficient (Wildman–Crippen LogP) is 1.88. The quantitative estimate of drug-likeness (QED) is 0.691. The first-order chi connectivity index (χ1) is 6.93. The molecule has 0 amide bonds. The van der Waals surface area contributed by atoms with E-state index in [0.717, 1.165) is 6.92 Å². The maximum absolute atomic E-state index is 9.44. The fourth-order valence-electron chi connectivity index (χ4n) is 0. The summed E-state index contributed by atoms with van der Waals surface area (Å²) in [7, 11) is 0. The van der Waals surface area contributed by atoms with Crippen LogP contribution in [0.4, 0.5) is 0 Å². The highest BCUT2D eigenvalue weighted by Crippen LogP contribution is 1.51. The molecule has 0 radical (unpaired) electrons. The number of carboxylic acids is 1. The van der Waals surface area contributed by atoms with Gasteiger partial charge >= 0.3 is 0 Å². The van der Waals surface area contributed by atoms with Crippen LogP contribution in [-0.4, -0.2) is 28.4 Å². The molecule has 0 fully saturated rings. The van der Waals surface area contributed by atoms with E-state index in [0.29, 0.717) is 0 Å². The summed E-state index contributed by atoms with van der Waals surface area (Å²) in [5, 5.41) is 7.42. The second kappa shape index (κ2) is 19.1. The van der Waals surface area contributed by atoms with Crippen LogP contribution in [0.1, 0.15) is 48.5 Å². The third-order valence-corrected chi connectivity index (χ3v) is 0. The normalized spacial score (nSPS) is 6.44. The van der Waals surface area contributed by atoms with Crippen LogP contribution in [0.2, 0.25) is 0 Å². The summed E-state index contributed by atoms with van der Waals surface area (Å²) < 4.78 is 0. The van der Waals surface area contributed by atoms with Gasteiger partial charge in [-0.25, -0.2) is 0 Å². The number of hydrogen-bond acceptors (Lipinski definition) is 4. The molecule has 0 rings (SSSR count). The standard InChI is InChI=1S/3C3H6O.C2H4O2/c3*1-3(2)4;1-2(3)4/h3*1-2H3;1H3,(H,3,4). The summed E-state index contributed by atoms with van der Waals surface area (Å²) >= 11 is 0. The molecular formula is C11H22O5. The van der Waals surface area contributed by atoms with Gasteiger partial charge in [0.1, 0.15) is 17.3 Å². The van der Waals surface area contributed by atoms with E-state index in [4.69, 9.17) is 9.90 Å². The molecule has 0 aromatic heterocycles. The second-order valence-electron chi connectivity index (χ2n) is 3.24. The molecule has 0 aliphatic carbocycles. The molecule has 16 heavy (non-hydrogen) atoms. The van der Waals surface area contributed by atoms with Gasteiger partial charge in [0.2, 0.25) is 0 Å². The maximum atomic E-state index is 9.44. The van der Waals surface area contributed by atoms with E-state index in [1.54, 1.807) is 0 Å². The average Bonchev–Trinajstić information content (AvgIpc) is 1.76. The summed E-state index contributed by atoms with van der Waals surface area (Å²) in [5.41, 5.74) is 0. The van der Waals surface area contributed by atoms with Gasteiger partial charge in [-0.1, -0.05) is 0 Å². The van der Waals surface area contributed by atoms with Crippen LogP contribution >= 0.6 is 0 Å². The predicted molar refractivity (Wildman–Crippen MR) is 62.4 cm³/mol. The average molecular weight is 234 g/mol. The molecule has 0 bridgehead atoms. The molecule has 0 aromatic rings. The van der Waals surface area contributed by atoms with Gasteiger partial charge in [-0.15, -0.1) is 0 Å². The Kier molecular flexibility index (Phi) is 28.6. The molecule has 5 heteroatoms. The van der Waals surface area contributed by atoms with E-state index in [2.05, 4.69) is 0 Å². The molecule has 0 atom stereocenters. The molecule has 0 aliphatic rings. The fraction of sp³-hybridized carbons (Fsp3) is 0.636. The number of ketones is 3. The lowest BCUT2D eigenvalue weighted by Gasteiger charge is -1.59. The minimum absolute atomic E-state index is 0.167. The number of carboxylic acid groups (broad SMARTS) is 1. The van der Waals surface area contributed by atoms with E-state index in [9.17, 15) is 14.4 Å². The van der Waals surface area contributed by atoms with Crippen molar-refractivity contribution >= 4 is 23.3 Å². The van der Waals surface area contributed by atoms with Crippen LogP contribution in [0.3, 0.4) is 0 Å². The lowest BCUT2D eigenvalue weighted by atomic mass is 10.6. The third kappa shape index (κ3) is 712. The van der Waals surface area contributed by atoms with Crippen molar-refractivity contribution in [1.29, 1.82) is 0 Å². The maximum Gasteiger partial charge on any atom is 0.300 e. The highest BCUT2D eigenvalue weighted by Gasteiger charge is 1.65. The lowest BCUT2D eigenvalue weighted by molar-refractivity contribution is -0.134. The summed E-state index contributed by atoms with van der Waals surface area (Å²) in [6.45, 7) is 10.2. The zero-order chi connectivity index (χ0) is 14.3. The number of carbonyl (C=O) groups is 4. The summed E-state index contributed by atoms with van der Waals surface area (Å²) in [4.78, 5) is 37.3. The van der Waals surface area contributed by atoms with Crippen molar-refractivity contribution in [3.05, 3.63) is 0 Å². The van der Waals surface area contributed by atoms with Gasteiger partial charge in [-0.2, -0.15) is 0 Å². The van der Waals surface area contributed by atoms with Gasteiger partial charge in [-0.3, -0.25) is 4.79 Å². The molecule has 0 saturated carbocycles. The number of carbonyl (C=O) groups excluding carboxylic acids is 3. The van der Waals surface area contributed by atoms with Crippen LogP contribution in [0.5, 0.6) is 0 Å². The first kappa shape index (κ1) is 24.0. The van der Waals surface area contributed by atoms with Gasteiger partial charge < -0.3 is 19.5 Å². The van der Waals surface area contributed by atoms with Crippen LogP contribution in [0.15, 0.2) is 0 Å². The van der Waals surface area contributed by atoms with Gasteiger partial charge in [-0.05, 0) is 41.5 Å². The van der Waals surface area contributed by atoms with Gasteiger partial charge in [0.05, 0.1) is 0 Å². The Morgan fingerprint density at radius 1 is 0.562 bits per heavy atom. The lowest BCUT2D eigenvalue weighted by Crippen LogP contribution is -1.78. The zero-order valence-corrected chi connectivity index (χ0v) is 11.1. The van der Waals surface area contributed by atoms with Crippen molar-refractivity contribution in [2.24, 2.45) is 0 Å². The van der Waals surface area contributed by atoms with Gasteiger partial charge in [0, 0.05) is 6.92 Å². The number of aliphatic carboxylic acids is 1. The van der Waals surface area contributed by atoms with Crippen molar-refractivity contribution in [2.75, 3.05) is 0 Å². The van der Waals surface area contributed by atoms with Crippen molar-refractivity contribution < 1.29 is 24.3 Å². The highest BCUT2D eigenvalue weighted by molar-refractivity contribution is 5.72. The van der Waals surface area contributed by atoms with Crippen molar-refractivity contribution in [3.8, 4) is 0 Å². The third-order valence-electron chi connectivity index (χ3n) is 0. The summed E-state index contributed by atoms with van der Waals surface area (Å²) in [6, 6.07) is 0. The molecule has 0 unspecified atom stereocenters. The van der Waals surface area contributed by atoms with E-state index in [-0.39, 0.29) is 17.3 Å². The van der Waals surface area contributed by atoms with E-state index < -0.39 is 5.97 Å². The highest BCUT2D eigenvalue weighted by atomic mass is 16.4. The van der Waals surface area contributed by atoms with Crippen LogP contribution < -0.4 is 0 Å². The Hall–Kier alpha value is -1.52. The second-order valence-corrected chi connectivity index (χ2v) is 3.24. The van der Waals surface area contributed by atoms with Gasteiger partial charge in [0.15, 0.2) is 0 Å². The molecular weight excluding hydrogens is 212 g/mol. The first-order valence-corrected chi connectivity index (χ1v) is 4.54. The van der Waals surface area contributed by atoms with Crippen molar-refractivity contribution in [3.63, 3.8) is 0 Å². The van der Waals surface area contributed by atoms with E-state index >= 15 is 0 Å². The minimum atomic E-state index is -0.833. The SMILES string of the molecule is CC(=O)O.CC(C)=O.CC(C)=O.CC(C)=O. The minimum Gasteiger partial charge on any atom is -0.481 e. The molecule has 5 nitrogen and oxygen atoms in total. The number of Topliss-reactive ketones (excluding diaryl/α,β-unsaturated/α-hetero) is 3. The van der Waals surface area contributed by atoms with E-state index in [1.165, 1.54) is 41.5 Å². The molecule has 1 N–H and O–H groups in total. The van der Waals surface area contributed by atoms with Crippen LogP contribution in [-0.2, 0) is 19.2 Å². The monoisotopic (exact) mass is 234 g/mol. The Bertz CT molecular complexity index is 154. The van der Waals surface area contributed by atoms with Crippen molar-refractivity contribution in [1.82, 2.24) is 0 Å². The molecule has 0 aromatic carbocycles. The molecule has 96 valence electrons. The largest absolute Gasteiger partial charge is 0.481 e. The summed E-state index contributed by atoms with van der Waals surface area (Å²) in [5.74, 6) is -0.333. The Balaban J connectivity index is -0.0000000600. The van der Waals surface area contributed by atoms with Crippen molar-refractivity contribution in [2.45, 2.75) is 48.5 Å². The van der Waals surface area contributed by atoms with Crippen LogP contribution in [0.25, 0.3) is 0 Å². The Morgan fingerprint density at radius 2 is 0.562 bits per heavy atom. The van der Waals surface area contributed by atoms with Gasteiger partial charge in [0.25, 0.3) is 5.97 Å². The number of hydrogen-bond donors (Lipinski definition) is 1. The number of rotatable bonds is 0. The fourth-order valence-corrected chi connectivity index (χ4v) is 0. The first-order valence-electron chi connectivity index (χ1n) is 4.54. The van der Waals surface area contributed by atoms with Crippen LogP contribution in [0, 0.1) is 0 Å². The molecule has 0 saturated heterocycles. The van der Waals surface area contributed by atoms with E-state index in [1.807, 2.05) is 0 Å². The topological polar surface area (TPSA) is 88.5 Å². The molecule has 0 aliphatic heterocycles. The smallest absolute Gasteiger partial charge is 0.300 e. The zero-order valence-electron chi connectivity index (χ0n) is 11.1. The summed E-state index contributed by atoms with van der Waals surface area (Å²) in [6.07, 6.45) is 0. The Morgan fingerprint density at radius 3 is 0.562 bits per heavy atom. The Labute approximate surface area is 96.8 Å². The molecule has 0 heterocycles.